The number of hydrogen-bond acceptors (Lipinski definition) is 3. The largest absolute Gasteiger partial charge is 0.508 e. The van der Waals surface area contributed by atoms with Crippen LogP contribution in [0.1, 0.15) is 23.8 Å². The van der Waals surface area contributed by atoms with E-state index in [1.165, 1.54) is 0 Å². The Morgan fingerprint density at radius 3 is 3.00 bits per heavy atom. The SMILES string of the molecule is Oc1ccc2c(c1)CC[C@@H](c1ccccn1)O2. The molecule has 3 nitrogen and oxygen atoms in total. The van der Waals surface area contributed by atoms with Gasteiger partial charge in [0.2, 0.25) is 0 Å². The average Bonchev–Trinajstić information content (AvgIpc) is 2.39. The lowest BCUT2D eigenvalue weighted by Crippen LogP contribution is -2.15. The molecular weight excluding hydrogens is 214 g/mol. The summed E-state index contributed by atoms with van der Waals surface area (Å²) in [4.78, 5) is 4.32. The molecule has 3 heteroatoms. The minimum atomic E-state index is 0.0215. The number of ether oxygens (including phenoxy) is 1. The van der Waals surface area contributed by atoms with Gasteiger partial charge in [-0.05, 0) is 48.7 Å². The van der Waals surface area contributed by atoms with Gasteiger partial charge in [-0.15, -0.1) is 0 Å². The Kier molecular flexibility index (Phi) is 2.44. The number of aromatic nitrogens is 1. The second-order valence-corrected chi connectivity index (χ2v) is 4.19. The number of hydrogen-bond donors (Lipinski definition) is 1. The lowest BCUT2D eigenvalue weighted by atomic mass is 10.00. The van der Waals surface area contributed by atoms with Crippen LogP contribution in [-0.2, 0) is 6.42 Å². The summed E-state index contributed by atoms with van der Waals surface area (Å²) >= 11 is 0. The highest BCUT2D eigenvalue weighted by Crippen LogP contribution is 2.35. The molecule has 1 aromatic heterocycles. The van der Waals surface area contributed by atoms with Crippen LogP contribution in [0.3, 0.4) is 0 Å². The molecule has 86 valence electrons. The first kappa shape index (κ1) is 10.1. The first-order chi connectivity index (χ1) is 8.33. The van der Waals surface area contributed by atoms with E-state index in [4.69, 9.17) is 4.74 Å². The Bertz CT molecular complexity index is 525. The van der Waals surface area contributed by atoms with Crippen LogP contribution >= 0.6 is 0 Å². The van der Waals surface area contributed by atoms with Gasteiger partial charge in [-0.3, -0.25) is 4.98 Å². The predicted octanol–water partition coefficient (Wildman–Crippen LogP) is 2.85. The van der Waals surface area contributed by atoms with Gasteiger partial charge >= 0.3 is 0 Å². The van der Waals surface area contributed by atoms with Gasteiger partial charge in [-0.2, -0.15) is 0 Å². The highest BCUT2D eigenvalue weighted by Gasteiger charge is 2.22. The maximum absolute atomic E-state index is 9.40. The third kappa shape index (κ3) is 1.96. The molecule has 0 fully saturated rings. The number of nitrogens with zero attached hydrogens (tertiary/aromatic N) is 1. The van der Waals surface area contributed by atoms with Gasteiger partial charge in [0.05, 0.1) is 5.69 Å². The van der Waals surface area contributed by atoms with E-state index >= 15 is 0 Å². The van der Waals surface area contributed by atoms with Gasteiger partial charge in [-0.1, -0.05) is 6.07 Å². The molecule has 0 saturated carbocycles. The average molecular weight is 227 g/mol. The second-order valence-electron chi connectivity index (χ2n) is 4.19. The molecule has 1 N–H and O–H groups in total. The Hall–Kier alpha value is -2.03. The standard InChI is InChI=1S/C14H13NO2/c16-11-5-7-13-10(9-11)4-6-14(17-13)12-3-1-2-8-15-12/h1-3,5,7-9,14,16H,4,6H2/t14-/m0/s1. The topological polar surface area (TPSA) is 42.4 Å². The summed E-state index contributed by atoms with van der Waals surface area (Å²) in [7, 11) is 0. The van der Waals surface area contributed by atoms with Crippen molar-refractivity contribution in [2.45, 2.75) is 18.9 Å². The first-order valence-electron chi connectivity index (χ1n) is 5.72. The van der Waals surface area contributed by atoms with Crippen molar-refractivity contribution >= 4 is 0 Å². The lowest BCUT2D eigenvalue weighted by Gasteiger charge is -2.25. The van der Waals surface area contributed by atoms with Crippen molar-refractivity contribution in [1.82, 2.24) is 4.98 Å². The Morgan fingerprint density at radius 2 is 2.18 bits per heavy atom. The number of pyridine rings is 1. The molecule has 1 atom stereocenters. The molecule has 0 radical (unpaired) electrons. The van der Waals surface area contributed by atoms with Crippen molar-refractivity contribution in [2.75, 3.05) is 0 Å². The minimum absolute atomic E-state index is 0.0215. The fourth-order valence-electron chi connectivity index (χ4n) is 2.15. The van der Waals surface area contributed by atoms with Crippen molar-refractivity contribution in [3.8, 4) is 11.5 Å². The molecule has 0 aliphatic carbocycles. The Labute approximate surface area is 99.7 Å². The van der Waals surface area contributed by atoms with E-state index in [2.05, 4.69) is 4.98 Å². The molecule has 1 aliphatic rings. The van der Waals surface area contributed by atoms with Gasteiger partial charge in [0, 0.05) is 6.20 Å². The molecule has 0 saturated heterocycles. The lowest BCUT2D eigenvalue weighted by molar-refractivity contribution is 0.172. The van der Waals surface area contributed by atoms with Gasteiger partial charge in [0.15, 0.2) is 0 Å². The van der Waals surface area contributed by atoms with Crippen molar-refractivity contribution in [3.05, 3.63) is 53.9 Å². The normalized spacial score (nSPS) is 18.2. The number of phenolic OH excluding ortho intramolecular Hbond substituents is 1. The van der Waals surface area contributed by atoms with Crippen molar-refractivity contribution in [3.63, 3.8) is 0 Å². The monoisotopic (exact) mass is 227 g/mol. The molecule has 1 aromatic carbocycles. The summed E-state index contributed by atoms with van der Waals surface area (Å²) < 4.78 is 5.90. The van der Waals surface area contributed by atoms with E-state index < -0.39 is 0 Å². The summed E-state index contributed by atoms with van der Waals surface area (Å²) in [6, 6.07) is 11.1. The molecule has 2 heterocycles. The highest BCUT2D eigenvalue weighted by atomic mass is 16.5. The number of phenols is 1. The summed E-state index contributed by atoms with van der Waals surface area (Å²) in [5.41, 5.74) is 2.03. The quantitative estimate of drug-likeness (QED) is 0.814. The van der Waals surface area contributed by atoms with Crippen molar-refractivity contribution in [2.24, 2.45) is 0 Å². The molecule has 2 aromatic rings. The summed E-state index contributed by atoms with van der Waals surface area (Å²) in [6.45, 7) is 0. The van der Waals surface area contributed by atoms with Crippen LogP contribution in [0.2, 0.25) is 0 Å². The van der Waals surface area contributed by atoms with Crippen molar-refractivity contribution < 1.29 is 9.84 Å². The number of aryl methyl sites for hydroxylation is 1. The zero-order chi connectivity index (χ0) is 11.7. The minimum Gasteiger partial charge on any atom is -0.508 e. The number of rotatable bonds is 1. The van der Waals surface area contributed by atoms with E-state index in [-0.39, 0.29) is 6.10 Å². The third-order valence-corrected chi connectivity index (χ3v) is 3.01. The molecule has 0 amide bonds. The Balaban J connectivity index is 1.88. The summed E-state index contributed by atoms with van der Waals surface area (Å²) in [5.74, 6) is 1.15. The summed E-state index contributed by atoms with van der Waals surface area (Å²) in [6.07, 6.45) is 3.61. The van der Waals surface area contributed by atoms with Crippen LogP contribution in [0, 0.1) is 0 Å². The molecule has 3 rings (SSSR count). The maximum atomic E-state index is 9.40. The van der Waals surface area contributed by atoms with Crippen LogP contribution < -0.4 is 4.74 Å². The van der Waals surface area contributed by atoms with Gasteiger partial charge < -0.3 is 9.84 Å². The van der Waals surface area contributed by atoms with Crippen LogP contribution in [0.5, 0.6) is 11.5 Å². The second kappa shape index (κ2) is 4.09. The fraction of sp³-hybridized carbons (Fsp3) is 0.214. The van der Waals surface area contributed by atoms with E-state index in [9.17, 15) is 5.11 Å². The Morgan fingerprint density at radius 1 is 1.24 bits per heavy atom. The van der Waals surface area contributed by atoms with Gasteiger partial charge in [0.1, 0.15) is 17.6 Å². The molecular formula is C14H13NO2. The van der Waals surface area contributed by atoms with E-state index in [0.29, 0.717) is 5.75 Å². The third-order valence-electron chi connectivity index (χ3n) is 3.01. The zero-order valence-electron chi connectivity index (χ0n) is 9.34. The van der Waals surface area contributed by atoms with E-state index in [0.717, 1.165) is 29.8 Å². The predicted molar refractivity (Wildman–Crippen MR) is 64.0 cm³/mol. The highest BCUT2D eigenvalue weighted by molar-refractivity contribution is 5.41. The van der Waals surface area contributed by atoms with Crippen LogP contribution in [0.25, 0.3) is 0 Å². The van der Waals surface area contributed by atoms with Crippen molar-refractivity contribution in [1.29, 1.82) is 0 Å². The van der Waals surface area contributed by atoms with E-state index in [1.807, 2.05) is 24.3 Å². The van der Waals surface area contributed by atoms with Crippen LogP contribution in [0.15, 0.2) is 42.6 Å². The number of aromatic hydroxyl groups is 1. The van der Waals surface area contributed by atoms with Gasteiger partial charge in [-0.25, -0.2) is 0 Å². The fourth-order valence-corrected chi connectivity index (χ4v) is 2.15. The first-order valence-corrected chi connectivity index (χ1v) is 5.72. The van der Waals surface area contributed by atoms with Crippen LogP contribution in [-0.4, -0.2) is 10.1 Å². The van der Waals surface area contributed by atoms with E-state index in [1.54, 1.807) is 18.3 Å². The zero-order valence-corrected chi connectivity index (χ0v) is 9.34. The van der Waals surface area contributed by atoms with Crippen LogP contribution in [0.4, 0.5) is 0 Å². The maximum Gasteiger partial charge on any atom is 0.141 e. The molecule has 0 spiro atoms. The molecule has 0 bridgehead atoms. The molecule has 17 heavy (non-hydrogen) atoms. The number of benzene rings is 1. The smallest absolute Gasteiger partial charge is 0.141 e. The molecule has 0 unspecified atom stereocenters. The van der Waals surface area contributed by atoms with Gasteiger partial charge in [0.25, 0.3) is 0 Å². The summed E-state index contributed by atoms with van der Waals surface area (Å²) in [5, 5.41) is 9.40. The molecule has 1 aliphatic heterocycles. The number of fused-ring (bicyclic) bond motifs is 1.